The second-order valence-corrected chi connectivity index (χ2v) is 9.33. The summed E-state index contributed by atoms with van der Waals surface area (Å²) in [5, 5.41) is 3.69. The highest BCUT2D eigenvalue weighted by Crippen LogP contribution is 2.34. The summed E-state index contributed by atoms with van der Waals surface area (Å²) in [6, 6.07) is 14.7. The van der Waals surface area contributed by atoms with Crippen molar-refractivity contribution in [2.24, 2.45) is 5.92 Å². The third-order valence-corrected chi connectivity index (χ3v) is 6.28. The number of rotatable bonds is 7. The van der Waals surface area contributed by atoms with Crippen LogP contribution in [0, 0.1) is 5.92 Å². The van der Waals surface area contributed by atoms with Crippen LogP contribution in [0.25, 0.3) is 11.5 Å². The number of halogens is 1. The average Bonchev–Trinajstić information content (AvgIpc) is 3.41. The van der Waals surface area contributed by atoms with Crippen molar-refractivity contribution in [1.29, 1.82) is 0 Å². The largest absolute Gasteiger partial charge is 0.463 e. The molecule has 0 fully saturated rings. The normalized spacial score (nSPS) is 18.2. The van der Waals surface area contributed by atoms with Crippen molar-refractivity contribution >= 4 is 23.4 Å². The van der Waals surface area contributed by atoms with Crippen LogP contribution in [0.4, 0.5) is 0 Å². The van der Waals surface area contributed by atoms with Crippen molar-refractivity contribution in [1.82, 2.24) is 14.8 Å². The number of nitrogens with one attached hydrogen (secondary N) is 1. The molecule has 1 atom stereocenters. The molecule has 2 amide bonds. The van der Waals surface area contributed by atoms with E-state index in [1.807, 2.05) is 41.8 Å². The van der Waals surface area contributed by atoms with Crippen LogP contribution >= 0.6 is 11.6 Å². The zero-order valence-corrected chi connectivity index (χ0v) is 19.4. The molecule has 168 valence electrons. The molecule has 2 aromatic heterocycles. The zero-order valence-electron chi connectivity index (χ0n) is 18.6. The van der Waals surface area contributed by atoms with Gasteiger partial charge in [0.25, 0.3) is 5.91 Å². The van der Waals surface area contributed by atoms with Crippen molar-refractivity contribution in [2.45, 2.75) is 45.8 Å². The summed E-state index contributed by atoms with van der Waals surface area (Å²) in [5.74, 6) is 0.788. The highest BCUT2D eigenvalue weighted by Gasteiger charge is 2.47. The lowest BCUT2D eigenvalue weighted by Gasteiger charge is -2.44. The molecule has 1 N–H and O–H groups in total. The molecule has 0 radical (unpaired) electrons. The van der Waals surface area contributed by atoms with E-state index in [2.05, 4.69) is 19.2 Å². The van der Waals surface area contributed by atoms with Crippen molar-refractivity contribution < 1.29 is 14.0 Å². The first-order valence-corrected chi connectivity index (χ1v) is 11.3. The quantitative estimate of drug-likeness (QED) is 0.548. The van der Waals surface area contributed by atoms with E-state index in [4.69, 9.17) is 16.0 Å². The fourth-order valence-electron chi connectivity index (χ4n) is 4.10. The van der Waals surface area contributed by atoms with E-state index < -0.39 is 5.54 Å². The molecule has 7 heteroatoms. The van der Waals surface area contributed by atoms with Crippen LogP contribution in [0.15, 0.2) is 59.2 Å². The lowest BCUT2D eigenvalue weighted by molar-refractivity contribution is -0.133. The van der Waals surface area contributed by atoms with Crippen molar-refractivity contribution in [3.8, 4) is 11.5 Å². The van der Waals surface area contributed by atoms with Crippen molar-refractivity contribution in [2.75, 3.05) is 6.54 Å². The number of fused-ring (bicyclic) bond motifs is 1. The summed E-state index contributed by atoms with van der Waals surface area (Å²) in [6.45, 7) is 7.28. The van der Waals surface area contributed by atoms with Gasteiger partial charge in [-0.15, -0.1) is 0 Å². The van der Waals surface area contributed by atoms with Crippen molar-refractivity contribution in [3.63, 3.8) is 0 Å². The van der Waals surface area contributed by atoms with Crippen LogP contribution in [0.3, 0.4) is 0 Å². The van der Waals surface area contributed by atoms with Crippen LogP contribution in [-0.2, 0) is 17.9 Å². The van der Waals surface area contributed by atoms with Gasteiger partial charge < -0.3 is 19.2 Å². The molecule has 1 unspecified atom stereocenters. The first-order valence-electron chi connectivity index (χ1n) is 10.9. The minimum atomic E-state index is -1.07. The molecule has 3 aromatic rings. The van der Waals surface area contributed by atoms with Gasteiger partial charge in [0.15, 0.2) is 0 Å². The number of benzene rings is 1. The van der Waals surface area contributed by atoms with Gasteiger partial charge in [-0.05, 0) is 61.2 Å². The molecule has 32 heavy (non-hydrogen) atoms. The number of hydrogen-bond acceptors (Lipinski definition) is 3. The minimum absolute atomic E-state index is 0.162. The fraction of sp³-hybridized carbons (Fsp3) is 0.360. The van der Waals surface area contributed by atoms with Gasteiger partial charge in [0, 0.05) is 18.1 Å². The number of furan rings is 1. The number of amides is 2. The monoisotopic (exact) mass is 453 g/mol. The highest BCUT2D eigenvalue weighted by molar-refractivity contribution is 6.30. The Kier molecular flexibility index (Phi) is 6.15. The molecule has 1 aliphatic heterocycles. The number of nitrogens with zero attached hydrogens (tertiary/aromatic N) is 2. The Hall–Kier alpha value is -2.99. The van der Waals surface area contributed by atoms with E-state index in [0.717, 1.165) is 17.7 Å². The fourth-order valence-corrected chi connectivity index (χ4v) is 4.22. The molecule has 0 aliphatic carbocycles. The van der Waals surface area contributed by atoms with E-state index in [-0.39, 0.29) is 11.8 Å². The molecule has 6 nitrogen and oxygen atoms in total. The average molecular weight is 454 g/mol. The van der Waals surface area contributed by atoms with E-state index in [1.165, 1.54) is 0 Å². The predicted molar refractivity (Wildman–Crippen MR) is 124 cm³/mol. The Morgan fingerprint density at radius 2 is 1.88 bits per heavy atom. The van der Waals surface area contributed by atoms with Gasteiger partial charge in [-0.1, -0.05) is 37.6 Å². The molecular formula is C25H28ClN3O3. The maximum Gasteiger partial charge on any atom is 0.271 e. The SMILES string of the molecule is CC(C)CCNC(=O)C1(C)Cn2c(ccc2-c2ccco2)C(=O)N1Cc1ccc(Cl)cc1. The Morgan fingerprint density at radius 1 is 1.16 bits per heavy atom. The van der Waals surface area contributed by atoms with Crippen LogP contribution < -0.4 is 5.32 Å². The molecule has 0 bridgehead atoms. The van der Waals surface area contributed by atoms with E-state index in [1.54, 1.807) is 29.4 Å². The maximum absolute atomic E-state index is 13.6. The van der Waals surface area contributed by atoms with Crippen LogP contribution in [0.5, 0.6) is 0 Å². The molecule has 4 rings (SSSR count). The molecule has 1 aromatic carbocycles. The standard InChI is InChI=1S/C25H28ClN3O3/c1-17(2)12-13-27-24(31)25(3)16-28-20(22-5-4-14-32-22)10-11-21(28)23(30)29(25)15-18-6-8-19(26)9-7-18/h4-11,14,17H,12-13,15-16H2,1-3H3,(H,27,31). The third-order valence-electron chi connectivity index (χ3n) is 6.03. The maximum atomic E-state index is 13.6. The Bertz CT molecular complexity index is 1100. The van der Waals surface area contributed by atoms with Gasteiger partial charge in [0.05, 0.1) is 18.5 Å². The Morgan fingerprint density at radius 3 is 2.53 bits per heavy atom. The lowest BCUT2D eigenvalue weighted by atomic mass is 9.93. The smallest absolute Gasteiger partial charge is 0.271 e. The topological polar surface area (TPSA) is 67.5 Å². The summed E-state index contributed by atoms with van der Waals surface area (Å²) in [4.78, 5) is 28.8. The second kappa shape index (κ2) is 8.87. The summed E-state index contributed by atoms with van der Waals surface area (Å²) in [7, 11) is 0. The molecule has 1 aliphatic rings. The van der Waals surface area contributed by atoms with E-state index in [9.17, 15) is 9.59 Å². The number of aromatic nitrogens is 1. The zero-order chi connectivity index (χ0) is 22.9. The second-order valence-electron chi connectivity index (χ2n) is 8.90. The first kappa shape index (κ1) is 22.2. The predicted octanol–water partition coefficient (Wildman–Crippen LogP) is 4.98. The van der Waals surface area contributed by atoms with Gasteiger partial charge in [0.1, 0.15) is 17.0 Å². The van der Waals surface area contributed by atoms with Crippen LogP contribution in [0.1, 0.15) is 43.2 Å². The Labute approximate surface area is 193 Å². The highest BCUT2D eigenvalue weighted by atomic mass is 35.5. The molecule has 3 heterocycles. The number of hydrogen-bond donors (Lipinski definition) is 1. The van der Waals surface area contributed by atoms with Gasteiger partial charge >= 0.3 is 0 Å². The summed E-state index contributed by atoms with van der Waals surface area (Å²) >= 11 is 6.03. The van der Waals surface area contributed by atoms with E-state index >= 15 is 0 Å². The van der Waals surface area contributed by atoms with Crippen LogP contribution in [-0.4, -0.2) is 33.4 Å². The summed E-state index contributed by atoms with van der Waals surface area (Å²) in [6.07, 6.45) is 2.48. The summed E-state index contributed by atoms with van der Waals surface area (Å²) in [5.41, 5.74) is 1.17. The third kappa shape index (κ3) is 4.19. The first-order chi connectivity index (χ1) is 15.3. The molecular weight excluding hydrogens is 426 g/mol. The van der Waals surface area contributed by atoms with Gasteiger partial charge in [0.2, 0.25) is 5.91 Å². The van der Waals surface area contributed by atoms with Crippen LogP contribution in [0.2, 0.25) is 5.02 Å². The minimum Gasteiger partial charge on any atom is -0.463 e. The summed E-state index contributed by atoms with van der Waals surface area (Å²) < 4.78 is 7.46. The van der Waals surface area contributed by atoms with Gasteiger partial charge in [-0.2, -0.15) is 0 Å². The van der Waals surface area contributed by atoms with Gasteiger partial charge in [-0.3, -0.25) is 9.59 Å². The van der Waals surface area contributed by atoms with Gasteiger partial charge in [-0.25, -0.2) is 0 Å². The lowest BCUT2D eigenvalue weighted by Crippen LogP contribution is -2.63. The molecule has 0 saturated carbocycles. The van der Waals surface area contributed by atoms with E-state index in [0.29, 0.717) is 42.0 Å². The number of carbonyl (C=O) groups excluding carboxylic acids is 2. The Balaban J connectivity index is 1.71. The molecule has 0 spiro atoms. The molecule has 0 saturated heterocycles. The van der Waals surface area contributed by atoms with Crippen molar-refractivity contribution in [3.05, 3.63) is 71.1 Å². The number of carbonyl (C=O) groups is 2.